The lowest BCUT2D eigenvalue weighted by Crippen LogP contribution is -2.52. The molecule has 1 saturated heterocycles. The van der Waals surface area contributed by atoms with Crippen molar-refractivity contribution >= 4 is 17.6 Å². The molecule has 7 nitrogen and oxygen atoms in total. The first-order valence-corrected chi connectivity index (χ1v) is 10.8. The molecule has 2 N–H and O–H groups in total. The molecule has 7 heteroatoms. The maximum Gasteiger partial charge on any atom is 0.238 e. The highest BCUT2D eigenvalue weighted by molar-refractivity contribution is 5.92. The molecule has 0 spiro atoms. The Bertz CT molecular complexity index is 859. The molecule has 2 aromatic carbocycles. The molecular formula is C24H34N6O. The number of guanidine groups is 1. The van der Waals surface area contributed by atoms with Crippen LogP contribution in [-0.4, -0.2) is 80.4 Å². The predicted molar refractivity (Wildman–Crippen MR) is 127 cm³/mol. The van der Waals surface area contributed by atoms with Gasteiger partial charge in [0, 0.05) is 52.0 Å². The first kappa shape index (κ1) is 22.8. The molecule has 1 aliphatic heterocycles. The Kier molecular flexibility index (Phi) is 8.44. The first-order valence-electron chi connectivity index (χ1n) is 10.8. The minimum Gasteiger partial charge on any atom is -0.352 e. The monoisotopic (exact) mass is 422 g/mol. The number of rotatable bonds is 7. The summed E-state index contributed by atoms with van der Waals surface area (Å²) in [6.07, 6.45) is 0. The number of nitrogens with zero attached hydrogens (tertiary/aromatic N) is 4. The molecule has 1 aliphatic rings. The number of aliphatic imine (C=N–C) groups is 1. The highest BCUT2D eigenvalue weighted by atomic mass is 16.2. The van der Waals surface area contributed by atoms with E-state index in [1.165, 1.54) is 5.56 Å². The summed E-state index contributed by atoms with van der Waals surface area (Å²) in [5.41, 5.74) is 3.28. The van der Waals surface area contributed by atoms with Crippen LogP contribution < -0.4 is 10.6 Å². The topological polar surface area (TPSA) is 63.2 Å². The highest BCUT2D eigenvalue weighted by Gasteiger charge is 2.19. The van der Waals surface area contributed by atoms with Crippen LogP contribution in [0.2, 0.25) is 0 Å². The number of amides is 1. The Morgan fingerprint density at radius 3 is 2.39 bits per heavy atom. The normalized spacial score (nSPS) is 15.2. The van der Waals surface area contributed by atoms with Gasteiger partial charge in [-0.25, -0.2) is 0 Å². The molecule has 0 saturated carbocycles. The van der Waals surface area contributed by atoms with Crippen LogP contribution in [0, 0.1) is 0 Å². The molecule has 31 heavy (non-hydrogen) atoms. The van der Waals surface area contributed by atoms with Gasteiger partial charge in [0.2, 0.25) is 5.91 Å². The molecule has 166 valence electrons. The Morgan fingerprint density at radius 1 is 1.00 bits per heavy atom. The second kappa shape index (κ2) is 11.5. The van der Waals surface area contributed by atoms with Crippen LogP contribution in [-0.2, 0) is 17.9 Å². The van der Waals surface area contributed by atoms with Crippen LogP contribution in [0.25, 0.3) is 0 Å². The predicted octanol–water partition coefficient (Wildman–Crippen LogP) is 2.08. The van der Waals surface area contributed by atoms with Gasteiger partial charge in [-0.15, -0.1) is 0 Å². The average molecular weight is 423 g/mol. The van der Waals surface area contributed by atoms with Crippen LogP contribution in [0.15, 0.2) is 59.6 Å². The van der Waals surface area contributed by atoms with E-state index in [0.29, 0.717) is 13.1 Å². The Hall–Kier alpha value is -2.90. The Labute approximate surface area is 185 Å². The fraction of sp³-hybridized carbons (Fsp3) is 0.417. The van der Waals surface area contributed by atoms with Crippen LogP contribution in [0.1, 0.15) is 11.1 Å². The van der Waals surface area contributed by atoms with E-state index in [1.54, 1.807) is 0 Å². The van der Waals surface area contributed by atoms with Crippen molar-refractivity contribution in [1.82, 2.24) is 20.0 Å². The lowest BCUT2D eigenvalue weighted by atomic mass is 10.2. The smallest absolute Gasteiger partial charge is 0.238 e. The lowest BCUT2D eigenvalue weighted by molar-refractivity contribution is -0.116. The summed E-state index contributed by atoms with van der Waals surface area (Å²) in [5, 5.41) is 6.42. The number of hydrogen-bond donors (Lipinski definition) is 2. The number of benzene rings is 2. The molecular weight excluding hydrogens is 388 g/mol. The minimum atomic E-state index is -0.0145. The van der Waals surface area contributed by atoms with Gasteiger partial charge in [-0.2, -0.15) is 0 Å². The number of anilines is 1. The molecule has 0 aromatic heterocycles. The summed E-state index contributed by atoms with van der Waals surface area (Å²) in [4.78, 5) is 23.1. The maximum atomic E-state index is 12.0. The van der Waals surface area contributed by atoms with Crippen molar-refractivity contribution in [2.24, 2.45) is 4.99 Å². The van der Waals surface area contributed by atoms with E-state index in [1.807, 2.05) is 44.2 Å². The van der Waals surface area contributed by atoms with Gasteiger partial charge in [0.1, 0.15) is 0 Å². The van der Waals surface area contributed by atoms with Crippen molar-refractivity contribution in [2.45, 2.75) is 13.1 Å². The third-order valence-corrected chi connectivity index (χ3v) is 5.25. The van der Waals surface area contributed by atoms with Crippen molar-refractivity contribution in [3.8, 4) is 0 Å². The molecule has 1 heterocycles. The molecule has 2 aromatic rings. The lowest BCUT2D eigenvalue weighted by Gasteiger charge is -2.36. The Morgan fingerprint density at radius 2 is 1.71 bits per heavy atom. The SMILES string of the molecule is CN=C(NCc1cccc(NC(=O)CN(C)C)c1)N1CCN(Cc2ccccc2)CC1. The van der Waals surface area contributed by atoms with Crippen LogP contribution in [0.4, 0.5) is 5.69 Å². The van der Waals surface area contributed by atoms with Gasteiger partial charge in [-0.3, -0.25) is 14.7 Å². The van der Waals surface area contributed by atoms with Crippen molar-refractivity contribution in [2.75, 3.05) is 59.2 Å². The fourth-order valence-corrected chi connectivity index (χ4v) is 3.72. The van der Waals surface area contributed by atoms with Crippen molar-refractivity contribution in [1.29, 1.82) is 0 Å². The van der Waals surface area contributed by atoms with Gasteiger partial charge < -0.3 is 20.4 Å². The molecule has 0 aliphatic carbocycles. The second-order valence-electron chi connectivity index (χ2n) is 8.14. The van der Waals surface area contributed by atoms with E-state index in [4.69, 9.17) is 0 Å². The number of carbonyl (C=O) groups excluding carboxylic acids is 1. The van der Waals surface area contributed by atoms with Crippen LogP contribution in [0.5, 0.6) is 0 Å². The second-order valence-corrected chi connectivity index (χ2v) is 8.14. The van der Waals surface area contributed by atoms with E-state index < -0.39 is 0 Å². The molecule has 0 unspecified atom stereocenters. The van der Waals surface area contributed by atoms with E-state index in [-0.39, 0.29) is 5.91 Å². The molecule has 3 rings (SSSR count). The number of hydrogen-bond acceptors (Lipinski definition) is 4. The van der Waals surface area contributed by atoms with E-state index in [9.17, 15) is 4.79 Å². The van der Waals surface area contributed by atoms with Crippen LogP contribution >= 0.6 is 0 Å². The standard InChI is InChI=1S/C24H34N6O/c1-25-24(30-14-12-29(13-15-30)18-20-8-5-4-6-9-20)26-17-21-10-7-11-22(16-21)27-23(31)19-28(2)3/h4-11,16H,12-15,17-19H2,1-3H3,(H,25,26)(H,27,31). The zero-order chi connectivity index (χ0) is 22.1. The molecule has 1 amide bonds. The van der Waals surface area contributed by atoms with Gasteiger partial charge in [-0.1, -0.05) is 42.5 Å². The summed E-state index contributed by atoms with van der Waals surface area (Å²) in [5.74, 6) is 0.903. The number of likely N-dealkylation sites (N-methyl/N-ethyl adjacent to an activating group) is 1. The van der Waals surface area contributed by atoms with Gasteiger partial charge in [0.15, 0.2) is 5.96 Å². The molecule has 0 bridgehead atoms. The number of carbonyl (C=O) groups is 1. The Balaban J connectivity index is 1.47. The fourth-order valence-electron chi connectivity index (χ4n) is 3.72. The zero-order valence-electron chi connectivity index (χ0n) is 18.8. The minimum absolute atomic E-state index is 0.0145. The average Bonchev–Trinajstić information content (AvgIpc) is 2.75. The summed E-state index contributed by atoms with van der Waals surface area (Å²) in [6, 6.07) is 18.6. The van der Waals surface area contributed by atoms with Crippen LogP contribution in [0.3, 0.4) is 0 Å². The van der Waals surface area contributed by atoms with Gasteiger partial charge in [-0.05, 0) is 37.4 Å². The maximum absolute atomic E-state index is 12.0. The molecule has 0 atom stereocenters. The van der Waals surface area contributed by atoms with E-state index >= 15 is 0 Å². The quantitative estimate of drug-likeness (QED) is 0.528. The summed E-state index contributed by atoms with van der Waals surface area (Å²) >= 11 is 0. The van der Waals surface area contributed by atoms with Crippen molar-refractivity contribution in [3.63, 3.8) is 0 Å². The third-order valence-electron chi connectivity index (χ3n) is 5.25. The zero-order valence-corrected chi connectivity index (χ0v) is 18.8. The summed E-state index contributed by atoms with van der Waals surface area (Å²) in [7, 11) is 5.59. The van der Waals surface area contributed by atoms with E-state index in [0.717, 1.165) is 49.9 Å². The number of nitrogens with one attached hydrogen (secondary N) is 2. The highest BCUT2D eigenvalue weighted by Crippen LogP contribution is 2.12. The van der Waals surface area contributed by atoms with Gasteiger partial charge >= 0.3 is 0 Å². The summed E-state index contributed by atoms with van der Waals surface area (Å²) < 4.78 is 0. The molecule has 0 radical (unpaired) electrons. The van der Waals surface area contributed by atoms with E-state index in [2.05, 4.69) is 61.8 Å². The largest absolute Gasteiger partial charge is 0.352 e. The number of piperazine rings is 1. The van der Waals surface area contributed by atoms with Crippen molar-refractivity contribution in [3.05, 3.63) is 65.7 Å². The summed E-state index contributed by atoms with van der Waals surface area (Å²) in [6.45, 7) is 5.96. The van der Waals surface area contributed by atoms with Gasteiger partial charge in [0.05, 0.1) is 6.54 Å². The van der Waals surface area contributed by atoms with Crippen molar-refractivity contribution < 1.29 is 4.79 Å². The molecule has 1 fully saturated rings. The third kappa shape index (κ3) is 7.38. The van der Waals surface area contributed by atoms with Gasteiger partial charge in [0.25, 0.3) is 0 Å². The first-order chi connectivity index (χ1) is 15.0.